The lowest BCUT2D eigenvalue weighted by atomic mass is 9.44. The van der Waals surface area contributed by atoms with Crippen LogP contribution >= 0.6 is 0 Å². The molecule has 12 heteroatoms. The molecule has 0 aromatic heterocycles. The SMILES string of the molecule is CC.COC(=O)O[C@@]12CO[C@@H]1C[C@H](O)[C@@]1(C)C(=O)[C@H](OC(C)=O)C3=C(C)[C@](C)(O)C[C@@](O)([C@@H](OC(=O)c4ccccc4)C12)C3(C)C. The molecule has 2 saturated carbocycles. The molecule has 3 N–H and O–H groups in total. The summed E-state index contributed by atoms with van der Waals surface area (Å²) in [5.41, 5.74) is -8.59. The summed E-state index contributed by atoms with van der Waals surface area (Å²) in [5.74, 6) is -3.90. The van der Waals surface area contributed by atoms with Crippen molar-refractivity contribution >= 4 is 23.9 Å². The molecule has 1 aromatic rings. The van der Waals surface area contributed by atoms with Crippen LogP contribution in [-0.4, -0.2) is 94.1 Å². The Labute approximate surface area is 269 Å². The fraction of sp³-hybridized carbons (Fsp3) is 0.647. The second-order valence-corrected chi connectivity index (χ2v) is 13.4. The highest BCUT2D eigenvalue weighted by Gasteiger charge is 2.79. The maximum Gasteiger partial charge on any atom is 0.508 e. The Balaban J connectivity index is 0.00000235. The van der Waals surface area contributed by atoms with E-state index in [0.717, 1.165) is 14.0 Å². The largest absolute Gasteiger partial charge is 0.508 e. The zero-order chi connectivity index (χ0) is 34.6. The van der Waals surface area contributed by atoms with Crippen LogP contribution in [0.2, 0.25) is 0 Å². The quantitative estimate of drug-likeness (QED) is 0.248. The van der Waals surface area contributed by atoms with Gasteiger partial charge in [-0.1, -0.05) is 45.9 Å². The molecule has 3 aliphatic carbocycles. The number of Topliss-reactive ketones (excluding diaryl/α,β-unsaturated/α-hetero) is 1. The average molecular weight is 647 g/mol. The Kier molecular flexibility index (Phi) is 9.30. The van der Waals surface area contributed by atoms with E-state index < -0.39 is 88.3 Å². The van der Waals surface area contributed by atoms with Gasteiger partial charge in [0.05, 0.1) is 42.3 Å². The third kappa shape index (κ3) is 5.04. The molecule has 1 aliphatic heterocycles. The number of hydrogen-bond donors (Lipinski definition) is 3. The standard InChI is InChI=1S/C32H40O12.C2H6/c1-16-21-22(42-17(2)33)24(35)30(6)19(34)13-20-31(15-41-20,44-27(37)40-7)23(30)25(43-26(36)18-11-9-8-10-12-18)32(39,28(21,3)4)14-29(16,5)38;1-2/h8-12,19-20,22-23,25,34,38-39H,13-15H2,1-7H3;1-2H3/t19-,20+,22+,23?,25-,29+,30+,31-,32+;/m0./s1. The van der Waals surface area contributed by atoms with Gasteiger partial charge in [-0.15, -0.1) is 0 Å². The van der Waals surface area contributed by atoms with Gasteiger partial charge in [-0.25, -0.2) is 9.59 Å². The van der Waals surface area contributed by atoms with Crippen molar-refractivity contribution in [2.24, 2.45) is 16.7 Å². The first-order chi connectivity index (χ1) is 21.4. The minimum atomic E-state index is -2.19. The number of aliphatic hydroxyl groups excluding tert-OH is 1. The number of esters is 2. The molecule has 4 aliphatic rings. The maximum absolute atomic E-state index is 14.9. The first-order valence-corrected chi connectivity index (χ1v) is 15.6. The molecule has 254 valence electrons. The molecule has 0 amide bonds. The number of aliphatic hydroxyl groups is 3. The molecule has 0 radical (unpaired) electrons. The van der Waals surface area contributed by atoms with Crippen molar-refractivity contribution < 1.29 is 58.2 Å². The van der Waals surface area contributed by atoms with Gasteiger partial charge in [-0.2, -0.15) is 0 Å². The molecule has 12 nitrogen and oxygen atoms in total. The van der Waals surface area contributed by atoms with Gasteiger partial charge >= 0.3 is 18.1 Å². The van der Waals surface area contributed by atoms with E-state index in [1.54, 1.807) is 39.0 Å². The van der Waals surface area contributed by atoms with E-state index in [2.05, 4.69) is 0 Å². The second-order valence-electron chi connectivity index (χ2n) is 13.4. The van der Waals surface area contributed by atoms with Gasteiger partial charge in [-0.05, 0) is 44.1 Å². The van der Waals surface area contributed by atoms with E-state index >= 15 is 0 Å². The van der Waals surface area contributed by atoms with Gasteiger partial charge in [0.15, 0.2) is 17.5 Å². The van der Waals surface area contributed by atoms with E-state index in [9.17, 15) is 34.5 Å². The molecule has 1 saturated heterocycles. The van der Waals surface area contributed by atoms with Gasteiger partial charge in [0.1, 0.15) is 17.8 Å². The molecular weight excluding hydrogens is 600 g/mol. The summed E-state index contributed by atoms with van der Waals surface area (Å²) >= 11 is 0. The van der Waals surface area contributed by atoms with Crippen LogP contribution in [0.3, 0.4) is 0 Å². The average Bonchev–Trinajstić information content (AvgIpc) is 3.00. The van der Waals surface area contributed by atoms with Crippen LogP contribution in [0, 0.1) is 16.7 Å². The van der Waals surface area contributed by atoms with Gasteiger partial charge in [0.2, 0.25) is 0 Å². The van der Waals surface area contributed by atoms with E-state index in [-0.39, 0.29) is 29.7 Å². The first-order valence-electron chi connectivity index (χ1n) is 15.6. The summed E-state index contributed by atoms with van der Waals surface area (Å²) in [6.45, 7) is 12.5. The topological polar surface area (TPSA) is 175 Å². The first kappa shape index (κ1) is 35.5. The number of hydrogen-bond acceptors (Lipinski definition) is 12. The predicted octanol–water partition coefficient (Wildman–Crippen LogP) is 3.29. The second kappa shape index (κ2) is 12.0. The van der Waals surface area contributed by atoms with Crippen molar-refractivity contribution in [1.82, 2.24) is 0 Å². The summed E-state index contributed by atoms with van der Waals surface area (Å²) in [6.07, 6.45) is -7.46. The third-order valence-corrected chi connectivity index (χ3v) is 10.7. The fourth-order valence-electron chi connectivity index (χ4n) is 8.07. The van der Waals surface area contributed by atoms with Crippen LogP contribution < -0.4 is 0 Å². The predicted molar refractivity (Wildman–Crippen MR) is 162 cm³/mol. The van der Waals surface area contributed by atoms with Crippen molar-refractivity contribution in [3.05, 3.63) is 47.0 Å². The molecule has 2 bridgehead atoms. The molecule has 1 heterocycles. The number of methoxy groups -OCH3 is 1. The normalized spacial score (nSPS) is 39.0. The fourth-order valence-corrected chi connectivity index (χ4v) is 8.07. The summed E-state index contributed by atoms with van der Waals surface area (Å²) in [6, 6.07) is 7.99. The summed E-state index contributed by atoms with van der Waals surface area (Å²) in [4.78, 5) is 54.0. The van der Waals surface area contributed by atoms with Gasteiger partial charge < -0.3 is 39.0 Å². The number of rotatable bonds is 4. The van der Waals surface area contributed by atoms with Crippen LogP contribution in [0.5, 0.6) is 0 Å². The molecule has 0 spiro atoms. The number of carbonyl (C=O) groups excluding carboxylic acids is 4. The third-order valence-electron chi connectivity index (χ3n) is 10.7. The van der Waals surface area contributed by atoms with Crippen LogP contribution in [0.1, 0.15) is 78.6 Å². The summed E-state index contributed by atoms with van der Waals surface area (Å²) in [5, 5.41) is 36.6. The number of fused-ring (bicyclic) bond motifs is 5. The van der Waals surface area contributed by atoms with Crippen molar-refractivity contribution in [3.8, 4) is 0 Å². The zero-order valence-corrected chi connectivity index (χ0v) is 27.9. The Hall–Kier alpha value is -3.32. The maximum atomic E-state index is 14.9. The van der Waals surface area contributed by atoms with Crippen LogP contribution in [0.4, 0.5) is 4.79 Å². The van der Waals surface area contributed by atoms with Crippen LogP contribution in [0.15, 0.2) is 41.5 Å². The van der Waals surface area contributed by atoms with Gasteiger partial charge in [0, 0.05) is 25.2 Å². The molecule has 5 rings (SSSR count). The van der Waals surface area contributed by atoms with E-state index in [4.69, 9.17) is 23.7 Å². The van der Waals surface area contributed by atoms with Crippen molar-refractivity contribution in [2.45, 2.75) is 109 Å². The van der Waals surface area contributed by atoms with E-state index in [1.807, 2.05) is 13.8 Å². The number of ketones is 1. The highest BCUT2D eigenvalue weighted by atomic mass is 16.8. The highest BCUT2D eigenvalue weighted by molar-refractivity contribution is 5.95. The smallest absolute Gasteiger partial charge is 0.455 e. The molecular formula is C34H46O12. The van der Waals surface area contributed by atoms with E-state index in [1.165, 1.54) is 26.0 Å². The lowest BCUT2D eigenvalue weighted by Gasteiger charge is -2.67. The molecule has 1 aromatic carbocycles. The Morgan fingerprint density at radius 3 is 2.13 bits per heavy atom. The van der Waals surface area contributed by atoms with Crippen LogP contribution in [0.25, 0.3) is 0 Å². The lowest BCUT2D eigenvalue weighted by molar-refractivity contribution is -0.345. The minimum absolute atomic E-state index is 0.124. The number of ether oxygens (including phenoxy) is 5. The highest BCUT2D eigenvalue weighted by Crippen LogP contribution is 2.65. The summed E-state index contributed by atoms with van der Waals surface area (Å²) in [7, 11) is 1.10. The molecule has 9 atom stereocenters. The number of benzene rings is 1. The number of carbonyl (C=O) groups is 4. The Morgan fingerprint density at radius 1 is 1.00 bits per heavy atom. The van der Waals surface area contributed by atoms with Crippen molar-refractivity contribution in [1.29, 1.82) is 0 Å². The minimum Gasteiger partial charge on any atom is -0.455 e. The van der Waals surface area contributed by atoms with Crippen LogP contribution in [-0.2, 0) is 33.3 Å². The van der Waals surface area contributed by atoms with Crippen molar-refractivity contribution in [3.63, 3.8) is 0 Å². The van der Waals surface area contributed by atoms with Gasteiger partial charge in [0.25, 0.3) is 0 Å². The zero-order valence-electron chi connectivity index (χ0n) is 27.9. The monoisotopic (exact) mass is 646 g/mol. The Bertz CT molecular complexity index is 1420. The molecule has 46 heavy (non-hydrogen) atoms. The van der Waals surface area contributed by atoms with Gasteiger partial charge in [-0.3, -0.25) is 9.59 Å². The van der Waals surface area contributed by atoms with E-state index in [0.29, 0.717) is 0 Å². The lowest BCUT2D eigenvalue weighted by Crippen LogP contribution is -2.82. The summed E-state index contributed by atoms with van der Waals surface area (Å²) < 4.78 is 28.4. The molecule has 3 fully saturated rings. The molecule has 1 unspecified atom stereocenters. The Morgan fingerprint density at radius 2 is 1.61 bits per heavy atom. The van der Waals surface area contributed by atoms with Crippen molar-refractivity contribution in [2.75, 3.05) is 13.7 Å².